The summed E-state index contributed by atoms with van der Waals surface area (Å²) in [7, 11) is 0. The van der Waals surface area contributed by atoms with Crippen molar-refractivity contribution in [2.75, 3.05) is 6.54 Å². The minimum absolute atomic E-state index is 0.597. The van der Waals surface area contributed by atoms with Gasteiger partial charge in [-0.25, -0.2) is 4.99 Å². The molecule has 0 atom stereocenters. The van der Waals surface area contributed by atoms with Crippen LogP contribution in [-0.2, 0) is 0 Å². The first-order chi connectivity index (χ1) is 7.18. The third kappa shape index (κ3) is 1.92. The minimum atomic E-state index is 0.597. The van der Waals surface area contributed by atoms with Crippen LogP contribution in [0.3, 0.4) is 0 Å². The van der Waals surface area contributed by atoms with Gasteiger partial charge in [0.2, 0.25) is 0 Å². The summed E-state index contributed by atoms with van der Waals surface area (Å²) in [5, 5.41) is 0. The Hall–Kier alpha value is -1.62. The molecule has 4 N–H and O–H groups in total. The van der Waals surface area contributed by atoms with Crippen molar-refractivity contribution in [1.29, 1.82) is 0 Å². The van der Waals surface area contributed by atoms with E-state index in [9.17, 15) is 0 Å². The third-order valence-electron chi connectivity index (χ3n) is 2.23. The van der Waals surface area contributed by atoms with Gasteiger partial charge < -0.3 is 16.4 Å². The van der Waals surface area contributed by atoms with Gasteiger partial charge in [0.15, 0.2) is 0 Å². The van der Waals surface area contributed by atoms with E-state index in [0.29, 0.717) is 17.8 Å². The van der Waals surface area contributed by atoms with Gasteiger partial charge in [0, 0.05) is 29.7 Å². The number of aliphatic imine (C=N–C) groups is 1. The summed E-state index contributed by atoms with van der Waals surface area (Å²) >= 11 is 5.28. The Kier molecular flexibility index (Phi) is 2.55. The first-order valence-corrected chi connectivity index (χ1v) is 5.03. The van der Waals surface area contributed by atoms with Gasteiger partial charge in [0.1, 0.15) is 0 Å². The van der Waals surface area contributed by atoms with Crippen molar-refractivity contribution in [3.63, 3.8) is 0 Å². The lowest BCUT2D eigenvalue weighted by atomic mass is 10.0. The molecule has 0 fully saturated rings. The highest BCUT2D eigenvalue weighted by molar-refractivity contribution is 7.80. The van der Waals surface area contributed by atoms with Crippen LogP contribution in [0.1, 0.15) is 6.42 Å². The molecule has 0 radical (unpaired) electrons. The summed E-state index contributed by atoms with van der Waals surface area (Å²) in [4.78, 5) is 6.74. The molecule has 1 aliphatic carbocycles. The standard InChI is InChI=1S/C10H12N4S/c11-7-4-8(12)10(9(15)5-7)14-3-1-2-13-6-14/h1-2,4,6H,3,5,11-12H2. The van der Waals surface area contributed by atoms with Crippen molar-refractivity contribution in [2.24, 2.45) is 16.5 Å². The zero-order chi connectivity index (χ0) is 10.8. The van der Waals surface area contributed by atoms with Gasteiger partial charge in [-0.1, -0.05) is 12.2 Å². The van der Waals surface area contributed by atoms with Crippen LogP contribution < -0.4 is 11.5 Å². The molecule has 0 aromatic rings. The Morgan fingerprint density at radius 1 is 1.40 bits per heavy atom. The fraction of sp³-hybridized carbons (Fsp3) is 0.200. The molecule has 0 saturated carbocycles. The van der Waals surface area contributed by atoms with Gasteiger partial charge >= 0.3 is 0 Å². The second-order valence-corrected chi connectivity index (χ2v) is 3.92. The summed E-state index contributed by atoms with van der Waals surface area (Å²) in [6, 6.07) is 0. The van der Waals surface area contributed by atoms with Gasteiger partial charge in [-0.3, -0.25) is 0 Å². The molecule has 0 bridgehead atoms. The molecule has 0 aromatic heterocycles. The molecule has 2 rings (SSSR count). The molecular weight excluding hydrogens is 208 g/mol. The predicted octanol–water partition coefficient (Wildman–Crippen LogP) is 0.631. The topological polar surface area (TPSA) is 67.6 Å². The number of nitrogens with zero attached hydrogens (tertiary/aromatic N) is 2. The maximum atomic E-state index is 5.90. The highest BCUT2D eigenvalue weighted by Gasteiger charge is 2.20. The van der Waals surface area contributed by atoms with E-state index in [1.807, 2.05) is 11.0 Å². The van der Waals surface area contributed by atoms with E-state index < -0.39 is 0 Å². The fourth-order valence-electron chi connectivity index (χ4n) is 1.61. The van der Waals surface area contributed by atoms with Crippen LogP contribution in [0.25, 0.3) is 0 Å². The normalized spacial score (nSPS) is 20.9. The number of nitrogens with two attached hydrogens (primary N) is 2. The zero-order valence-corrected chi connectivity index (χ0v) is 9.00. The van der Waals surface area contributed by atoms with E-state index in [-0.39, 0.29) is 0 Å². The fourth-order valence-corrected chi connectivity index (χ4v) is 2.01. The Labute approximate surface area is 93.6 Å². The average molecular weight is 220 g/mol. The molecule has 78 valence electrons. The van der Waals surface area contributed by atoms with Gasteiger partial charge in [-0.2, -0.15) is 0 Å². The van der Waals surface area contributed by atoms with Gasteiger partial charge in [-0.15, -0.1) is 0 Å². The predicted molar refractivity (Wildman–Crippen MR) is 65.0 cm³/mol. The first-order valence-electron chi connectivity index (χ1n) is 4.62. The molecule has 0 unspecified atom stereocenters. The summed E-state index contributed by atoms with van der Waals surface area (Å²) in [5.74, 6) is 0. The SMILES string of the molecule is NC1=CC(N)=C(N2C=NC=CC2)C(=S)C1. The second kappa shape index (κ2) is 3.86. The van der Waals surface area contributed by atoms with Crippen molar-refractivity contribution in [3.05, 3.63) is 35.4 Å². The Bertz CT molecular complexity index is 417. The smallest absolute Gasteiger partial charge is 0.0953 e. The highest BCUT2D eigenvalue weighted by atomic mass is 32.1. The molecule has 1 heterocycles. The van der Waals surface area contributed by atoms with Crippen LogP contribution in [0.4, 0.5) is 0 Å². The second-order valence-electron chi connectivity index (χ2n) is 3.42. The number of rotatable bonds is 1. The molecule has 0 spiro atoms. The number of allylic oxidation sites excluding steroid dienone is 3. The Balaban J connectivity index is 2.34. The highest BCUT2D eigenvalue weighted by Crippen LogP contribution is 2.20. The van der Waals surface area contributed by atoms with Crippen molar-refractivity contribution in [1.82, 2.24) is 4.90 Å². The Morgan fingerprint density at radius 3 is 2.80 bits per heavy atom. The molecule has 2 aliphatic rings. The van der Waals surface area contributed by atoms with Gasteiger partial charge in [0.05, 0.1) is 17.7 Å². The molecule has 15 heavy (non-hydrogen) atoms. The summed E-state index contributed by atoms with van der Waals surface area (Å²) < 4.78 is 0. The molecular formula is C10H12N4S. The monoisotopic (exact) mass is 220 g/mol. The largest absolute Gasteiger partial charge is 0.402 e. The van der Waals surface area contributed by atoms with Gasteiger partial charge in [0.25, 0.3) is 0 Å². The van der Waals surface area contributed by atoms with Crippen molar-refractivity contribution in [3.8, 4) is 0 Å². The van der Waals surface area contributed by atoms with E-state index in [1.165, 1.54) is 0 Å². The molecule has 0 amide bonds. The third-order valence-corrected chi connectivity index (χ3v) is 2.57. The van der Waals surface area contributed by atoms with E-state index >= 15 is 0 Å². The van der Waals surface area contributed by atoms with E-state index in [2.05, 4.69) is 4.99 Å². The lowest BCUT2D eigenvalue weighted by Crippen LogP contribution is -2.32. The van der Waals surface area contributed by atoms with Crippen LogP contribution in [0, 0.1) is 0 Å². The van der Waals surface area contributed by atoms with Crippen LogP contribution in [0.15, 0.2) is 40.4 Å². The number of thiocarbonyl (C=S) groups is 1. The van der Waals surface area contributed by atoms with Crippen LogP contribution in [-0.4, -0.2) is 22.6 Å². The summed E-state index contributed by atoms with van der Waals surface area (Å²) in [6.45, 7) is 0.743. The lowest BCUT2D eigenvalue weighted by Gasteiger charge is -2.27. The zero-order valence-electron chi connectivity index (χ0n) is 8.18. The Morgan fingerprint density at radius 2 is 2.20 bits per heavy atom. The molecule has 4 nitrogen and oxygen atoms in total. The van der Waals surface area contributed by atoms with Crippen molar-refractivity contribution < 1.29 is 0 Å². The quantitative estimate of drug-likeness (QED) is 0.636. The van der Waals surface area contributed by atoms with Gasteiger partial charge in [-0.05, 0) is 12.2 Å². The molecule has 1 aliphatic heterocycles. The lowest BCUT2D eigenvalue weighted by molar-refractivity contribution is 0.599. The van der Waals surface area contributed by atoms with Crippen LogP contribution in [0.2, 0.25) is 0 Å². The number of hydrogen-bond acceptors (Lipinski definition) is 5. The maximum absolute atomic E-state index is 5.90. The average Bonchev–Trinajstić information content (AvgIpc) is 2.17. The van der Waals surface area contributed by atoms with Crippen molar-refractivity contribution in [2.45, 2.75) is 6.42 Å². The van der Waals surface area contributed by atoms with E-state index in [0.717, 1.165) is 17.1 Å². The van der Waals surface area contributed by atoms with E-state index in [1.54, 1.807) is 18.6 Å². The minimum Gasteiger partial charge on any atom is -0.402 e. The van der Waals surface area contributed by atoms with E-state index in [4.69, 9.17) is 23.7 Å². The molecule has 0 saturated heterocycles. The molecule has 5 heteroatoms. The first kappa shape index (κ1) is 9.92. The summed E-state index contributed by atoms with van der Waals surface area (Å²) in [6.07, 6.45) is 7.79. The maximum Gasteiger partial charge on any atom is 0.0953 e. The number of hydrogen-bond donors (Lipinski definition) is 2. The molecule has 0 aromatic carbocycles. The van der Waals surface area contributed by atoms with Crippen LogP contribution >= 0.6 is 12.2 Å². The van der Waals surface area contributed by atoms with Crippen molar-refractivity contribution >= 4 is 23.4 Å². The van der Waals surface area contributed by atoms with Crippen LogP contribution in [0.5, 0.6) is 0 Å². The summed E-state index contributed by atoms with van der Waals surface area (Å²) in [5.41, 5.74) is 13.8.